The van der Waals surface area contributed by atoms with Crippen LogP contribution in [0.3, 0.4) is 0 Å². The number of thiazole rings is 1. The second-order valence-corrected chi connectivity index (χ2v) is 6.15. The molecular formula is C16H9N5O3S. The molecule has 1 aromatic carbocycles. The maximum atomic E-state index is 12.5. The summed E-state index contributed by atoms with van der Waals surface area (Å²) in [7, 11) is 0. The van der Waals surface area contributed by atoms with Gasteiger partial charge in [-0.15, -0.1) is 5.10 Å². The summed E-state index contributed by atoms with van der Waals surface area (Å²) in [6.45, 7) is 0. The molecular weight excluding hydrogens is 342 g/mol. The van der Waals surface area contributed by atoms with Gasteiger partial charge in [0.2, 0.25) is 4.96 Å². The number of nitro benzene ring substituents is 1. The zero-order valence-corrected chi connectivity index (χ0v) is 13.4. The predicted molar refractivity (Wildman–Crippen MR) is 92.2 cm³/mol. The molecule has 0 bridgehead atoms. The summed E-state index contributed by atoms with van der Waals surface area (Å²) in [6, 6.07) is 9.57. The van der Waals surface area contributed by atoms with E-state index in [9.17, 15) is 14.9 Å². The Labute approximate surface area is 143 Å². The van der Waals surface area contributed by atoms with Gasteiger partial charge in [-0.3, -0.25) is 19.9 Å². The lowest BCUT2D eigenvalue weighted by Crippen LogP contribution is -2.23. The normalized spacial score (nSPS) is 11.9. The van der Waals surface area contributed by atoms with Gasteiger partial charge < -0.3 is 0 Å². The average molecular weight is 351 g/mol. The van der Waals surface area contributed by atoms with Crippen LogP contribution in [0, 0.1) is 10.1 Å². The number of benzene rings is 1. The van der Waals surface area contributed by atoms with Crippen molar-refractivity contribution in [2.24, 2.45) is 0 Å². The van der Waals surface area contributed by atoms with E-state index >= 15 is 0 Å². The molecule has 4 rings (SSSR count). The van der Waals surface area contributed by atoms with E-state index in [1.165, 1.54) is 28.0 Å². The Morgan fingerprint density at radius 2 is 2.00 bits per heavy atom. The van der Waals surface area contributed by atoms with Crippen LogP contribution >= 0.6 is 11.3 Å². The van der Waals surface area contributed by atoms with Crippen LogP contribution in [-0.2, 0) is 0 Å². The summed E-state index contributed by atoms with van der Waals surface area (Å²) in [5, 5.41) is 14.9. The van der Waals surface area contributed by atoms with Gasteiger partial charge in [-0.25, -0.2) is 0 Å². The lowest BCUT2D eigenvalue weighted by atomic mass is 10.2. The molecule has 3 heterocycles. The molecule has 0 aliphatic rings. The van der Waals surface area contributed by atoms with E-state index in [0.29, 0.717) is 20.9 Å². The first kappa shape index (κ1) is 15.1. The SMILES string of the molecule is O=c1/c(=C/c2ccc([N+](=O)[O-])cc2)sc2nc(-c3cccnc3)nn12. The number of rotatable bonds is 3. The monoisotopic (exact) mass is 351 g/mol. The summed E-state index contributed by atoms with van der Waals surface area (Å²) in [6.07, 6.45) is 4.95. The van der Waals surface area contributed by atoms with E-state index in [2.05, 4.69) is 15.1 Å². The zero-order chi connectivity index (χ0) is 17.4. The van der Waals surface area contributed by atoms with Crippen molar-refractivity contribution in [2.75, 3.05) is 0 Å². The third-order valence-electron chi connectivity index (χ3n) is 3.50. The van der Waals surface area contributed by atoms with Crippen molar-refractivity contribution in [3.8, 4) is 11.4 Å². The van der Waals surface area contributed by atoms with Crippen LogP contribution in [0.25, 0.3) is 22.4 Å². The van der Waals surface area contributed by atoms with Crippen LogP contribution < -0.4 is 10.1 Å². The van der Waals surface area contributed by atoms with Crippen molar-refractivity contribution >= 4 is 28.1 Å². The lowest BCUT2D eigenvalue weighted by Gasteiger charge is -1.92. The minimum atomic E-state index is -0.466. The summed E-state index contributed by atoms with van der Waals surface area (Å²) in [5.74, 6) is 0.443. The maximum Gasteiger partial charge on any atom is 0.291 e. The van der Waals surface area contributed by atoms with Gasteiger partial charge in [0.05, 0.1) is 9.46 Å². The lowest BCUT2D eigenvalue weighted by molar-refractivity contribution is -0.384. The van der Waals surface area contributed by atoms with Gasteiger partial charge in [-0.1, -0.05) is 11.3 Å². The van der Waals surface area contributed by atoms with Crippen molar-refractivity contribution in [1.82, 2.24) is 19.6 Å². The average Bonchev–Trinajstić information content (AvgIpc) is 3.16. The molecule has 0 unspecified atom stereocenters. The third kappa shape index (κ3) is 2.76. The summed E-state index contributed by atoms with van der Waals surface area (Å²) in [5.41, 5.74) is 1.16. The largest absolute Gasteiger partial charge is 0.291 e. The molecule has 0 fully saturated rings. The quantitative estimate of drug-likeness (QED) is 0.411. The van der Waals surface area contributed by atoms with E-state index in [0.717, 1.165) is 5.56 Å². The highest BCUT2D eigenvalue weighted by Crippen LogP contribution is 2.15. The molecule has 0 aliphatic heterocycles. The summed E-state index contributed by atoms with van der Waals surface area (Å²) >= 11 is 1.21. The Morgan fingerprint density at radius 1 is 1.20 bits per heavy atom. The molecule has 0 spiro atoms. The van der Waals surface area contributed by atoms with E-state index in [1.807, 2.05) is 6.07 Å². The molecule has 8 nitrogen and oxygen atoms in total. The Kier molecular flexibility index (Phi) is 3.55. The first-order valence-corrected chi connectivity index (χ1v) is 7.99. The van der Waals surface area contributed by atoms with Crippen LogP contribution in [0.1, 0.15) is 5.56 Å². The highest BCUT2D eigenvalue weighted by Gasteiger charge is 2.12. The van der Waals surface area contributed by atoms with Gasteiger partial charge in [0.15, 0.2) is 5.82 Å². The van der Waals surface area contributed by atoms with Gasteiger partial charge in [0, 0.05) is 30.1 Å². The molecule has 0 aliphatic carbocycles. The number of aromatic nitrogens is 4. The molecule has 25 heavy (non-hydrogen) atoms. The van der Waals surface area contributed by atoms with Crippen LogP contribution in [0.2, 0.25) is 0 Å². The minimum absolute atomic E-state index is 0.00302. The first-order chi connectivity index (χ1) is 12.1. The van der Waals surface area contributed by atoms with Crippen molar-refractivity contribution in [3.05, 3.63) is 79.4 Å². The van der Waals surface area contributed by atoms with Gasteiger partial charge in [0.25, 0.3) is 11.2 Å². The molecule has 122 valence electrons. The number of pyridine rings is 1. The van der Waals surface area contributed by atoms with Crippen LogP contribution in [0.15, 0.2) is 53.6 Å². The fourth-order valence-electron chi connectivity index (χ4n) is 2.29. The molecule has 0 saturated heterocycles. The van der Waals surface area contributed by atoms with Crippen molar-refractivity contribution in [3.63, 3.8) is 0 Å². The van der Waals surface area contributed by atoms with Crippen molar-refractivity contribution < 1.29 is 4.92 Å². The minimum Gasteiger partial charge on any atom is -0.266 e. The molecule has 0 amide bonds. The number of hydrogen-bond donors (Lipinski definition) is 0. The Bertz CT molecular complexity index is 1180. The smallest absolute Gasteiger partial charge is 0.266 e. The van der Waals surface area contributed by atoms with Crippen LogP contribution in [0.5, 0.6) is 0 Å². The van der Waals surface area contributed by atoms with Gasteiger partial charge >= 0.3 is 0 Å². The standard InChI is InChI=1S/C16H9N5O3S/c22-15-13(8-10-3-5-12(6-4-10)21(23)24)25-16-18-14(19-20(15)16)11-2-1-7-17-9-11/h1-9H/b13-8-. The van der Waals surface area contributed by atoms with Gasteiger partial charge in [-0.2, -0.15) is 9.50 Å². The molecule has 4 aromatic rings. The Morgan fingerprint density at radius 3 is 2.64 bits per heavy atom. The number of fused-ring (bicyclic) bond motifs is 1. The second kappa shape index (κ2) is 5.87. The second-order valence-electron chi connectivity index (χ2n) is 5.14. The number of nitrogens with zero attached hydrogens (tertiary/aromatic N) is 5. The van der Waals surface area contributed by atoms with E-state index in [1.54, 1.807) is 36.7 Å². The summed E-state index contributed by atoms with van der Waals surface area (Å²) in [4.78, 5) is 31.5. The zero-order valence-electron chi connectivity index (χ0n) is 12.6. The predicted octanol–water partition coefficient (Wildman–Crippen LogP) is 1.67. The van der Waals surface area contributed by atoms with E-state index < -0.39 is 4.92 Å². The van der Waals surface area contributed by atoms with Crippen molar-refractivity contribution in [2.45, 2.75) is 0 Å². The van der Waals surface area contributed by atoms with Crippen molar-refractivity contribution in [1.29, 1.82) is 0 Å². The third-order valence-corrected chi connectivity index (χ3v) is 4.46. The highest BCUT2D eigenvalue weighted by molar-refractivity contribution is 7.15. The molecule has 9 heteroatoms. The number of hydrogen-bond acceptors (Lipinski definition) is 7. The Hall–Kier alpha value is -3.46. The van der Waals surface area contributed by atoms with Gasteiger partial charge in [-0.05, 0) is 35.9 Å². The number of non-ortho nitro benzene ring substituents is 1. The fraction of sp³-hybridized carbons (Fsp3) is 0. The fourth-order valence-corrected chi connectivity index (χ4v) is 3.20. The maximum absolute atomic E-state index is 12.5. The van der Waals surface area contributed by atoms with E-state index in [4.69, 9.17) is 0 Å². The summed E-state index contributed by atoms with van der Waals surface area (Å²) < 4.78 is 1.71. The van der Waals surface area contributed by atoms with E-state index in [-0.39, 0.29) is 11.2 Å². The van der Waals surface area contributed by atoms with Crippen LogP contribution in [-0.4, -0.2) is 24.5 Å². The molecule has 0 radical (unpaired) electrons. The van der Waals surface area contributed by atoms with Crippen LogP contribution in [0.4, 0.5) is 5.69 Å². The first-order valence-electron chi connectivity index (χ1n) is 7.18. The molecule has 0 atom stereocenters. The molecule has 3 aromatic heterocycles. The number of nitro groups is 1. The topological polar surface area (TPSA) is 103 Å². The Balaban J connectivity index is 1.76. The molecule has 0 saturated carbocycles. The highest BCUT2D eigenvalue weighted by atomic mass is 32.1. The molecule has 0 N–H and O–H groups in total. The van der Waals surface area contributed by atoms with Gasteiger partial charge in [0.1, 0.15) is 0 Å².